The Morgan fingerprint density at radius 1 is 1.00 bits per heavy atom. The molecule has 1 amide bonds. The summed E-state index contributed by atoms with van der Waals surface area (Å²) in [6, 6.07) is 23.9. The summed E-state index contributed by atoms with van der Waals surface area (Å²) in [6.45, 7) is 5.35. The van der Waals surface area contributed by atoms with Crippen LogP contribution in [0.2, 0.25) is 0 Å². The first-order valence-electron chi connectivity index (χ1n) is 14.6. The van der Waals surface area contributed by atoms with Crippen LogP contribution in [0.25, 0.3) is 10.9 Å². The molecule has 0 fully saturated rings. The molecule has 0 saturated carbocycles. The highest BCUT2D eigenvalue weighted by Gasteiger charge is 2.21. The minimum Gasteiger partial charge on any atom is -0.387 e. The molecule has 2 aromatic heterocycles. The first-order chi connectivity index (χ1) is 21.4. The molecule has 5 rings (SSSR count). The fourth-order valence-electron chi connectivity index (χ4n) is 5.06. The Bertz CT molecular complexity index is 1960. The number of fused-ring (bicyclic) bond motifs is 1. The monoisotopic (exact) mass is 630 g/mol. The van der Waals surface area contributed by atoms with E-state index in [1.807, 2.05) is 24.4 Å². The van der Waals surface area contributed by atoms with Crippen LogP contribution in [0, 0.1) is 0 Å². The lowest BCUT2D eigenvalue weighted by Crippen LogP contribution is -2.42. The van der Waals surface area contributed by atoms with Crippen LogP contribution in [0.5, 0.6) is 0 Å². The van der Waals surface area contributed by atoms with Crippen molar-refractivity contribution < 1.29 is 18.3 Å². The van der Waals surface area contributed by atoms with Crippen molar-refractivity contribution in [2.45, 2.75) is 49.9 Å². The van der Waals surface area contributed by atoms with Gasteiger partial charge in [0.2, 0.25) is 0 Å². The van der Waals surface area contributed by atoms with E-state index in [4.69, 9.17) is 0 Å². The van der Waals surface area contributed by atoms with Gasteiger partial charge in [0.15, 0.2) is 0 Å². The van der Waals surface area contributed by atoms with Crippen molar-refractivity contribution in [2.24, 2.45) is 7.05 Å². The second kappa shape index (κ2) is 13.1. The summed E-state index contributed by atoms with van der Waals surface area (Å²) < 4.78 is 31.5. The van der Waals surface area contributed by atoms with Gasteiger partial charge in [0.25, 0.3) is 21.5 Å². The van der Waals surface area contributed by atoms with Crippen molar-refractivity contribution in [1.29, 1.82) is 0 Å². The molecule has 5 aromatic rings. The van der Waals surface area contributed by atoms with Gasteiger partial charge in [0, 0.05) is 60.1 Å². The molecule has 0 unspecified atom stereocenters. The molecule has 2 heterocycles. The van der Waals surface area contributed by atoms with Crippen LogP contribution in [0.15, 0.2) is 101 Å². The summed E-state index contributed by atoms with van der Waals surface area (Å²) in [5.41, 5.74) is 2.67. The molecule has 5 N–H and O–H groups in total. The molecule has 0 spiro atoms. The largest absolute Gasteiger partial charge is 0.387 e. The number of anilines is 1. The fourth-order valence-corrected chi connectivity index (χ4v) is 6.13. The van der Waals surface area contributed by atoms with E-state index >= 15 is 0 Å². The molecule has 0 bridgehead atoms. The van der Waals surface area contributed by atoms with Gasteiger partial charge < -0.3 is 20.3 Å². The molecule has 0 aliphatic carbocycles. The van der Waals surface area contributed by atoms with Crippen LogP contribution in [-0.4, -0.2) is 45.9 Å². The van der Waals surface area contributed by atoms with E-state index in [2.05, 4.69) is 38.9 Å². The third-order valence-corrected chi connectivity index (χ3v) is 9.14. The Labute approximate surface area is 261 Å². The lowest BCUT2D eigenvalue weighted by molar-refractivity contribution is 0.0950. The molecule has 236 valence electrons. The van der Waals surface area contributed by atoms with Crippen LogP contribution in [-0.2, 0) is 30.2 Å². The number of nitrogens with one attached hydrogen (secondary N) is 4. The number of aryl methyl sites for hydroxylation is 2. The van der Waals surface area contributed by atoms with Crippen LogP contribution < -0.4 is 20.9 Å². The van der Waals surface area contributed by atoms with Crippen molar-refractivity contribution >= 4 is 32.5 Å². The Kier molecular flexibility index (Phi) is 9.28. The Morgan fingerprint density at radius 2 is 1.78 bits per heavy atom. The Morgan fingerprint density at radius 3 is 2.51 bits per heavy atom. The quantitative estimate of drug-likeness (QED) is 0.133. The average Bonchev–Trinajstić information content (AvgIpc) is 3.59. The van der Waals surface area contributed by atoms with Gasteiger partial charge >= 0.3 is 0 Å². The summed E-state index contributed by atoms with van der Waals surface area (Å²) >= 11 is 0. The lowest BCUT2D eigenvalue weighted by atomic mass is 9.99. The number of carbonyl (C=O) groups is 1. The highest BCUT2D eigenvalue weighted by molar-refractivity contribution is 7.92. The standard InChI is InChI=1S/C33H38N6O5S/c1-33(2,35-22-30(40)24-8-7-9-26(19-24)37-45(43,44)28-10-5-4-6-11-28)15-17-39-16-14-23-18-25(12-13-29(23)39)32(42)34-21-27-20-31(41)38(3)36-27/h4-14,16,18-20,30,35-37,40H,15,17,21-22H2,1-3H3,(H,34,42)/t30-/m0/s1. The van der Waals surface area contributed by atoms with Gasteiger partial charge in [0.05, 0.1) is 23.2 Å². The summed E-state index contributed by atoms with van der Waals surface area (Å²) in [5, 5.41) is 21.0. The summed E-state index contributed by atoms with van der Waals surface area (Å²) in [5.74, 6) is -0.225. The van der Waals surface area contributed by atoms with Crippen LogP contribution in [0.4, 0.5) is 5.69 Å². The lowest BCUT2D eigenvalue weighted by Gasteiger charge is -2.28. The van der Waals surface area contributed by atoms with Crippen LogP contribution in [0.3, 0.4) is 0 Å². The van der Waals surface area contributed by atoms with E-state index in [9.17, 15) is 23.1 Å². The predicted octanol–water partition coefficient (Wildman–Crippen LogP) is 3.89. The maximum Gasteiger partial charge on any atom is 0.266 e. The van der Waals surface area contributed by atoms with E-state index in [0.717, 1.165) is 17.3 Å². The minimum absolute atomic E-state index is 0.159. The Hall–Kier alpha value is -4.65. The number of aromatic amines is 1. The van der Waals surface area contributed by atoms with Gasteiger partial charge in [0.1, 0.15) is 0 Å². The number of aromatic nitrogens is 3. The second-order valence-electron chi connectivity index (χ2n) is 11.7. The summed E-state index contributed by atoms with van der Waals surface area (Å²) in [4.78, 5) is 24.5. The number of H-pyrrole nitrogens is 1. The third-order valence-electron chi connectivity index (χ3n) is 7.74. The first-order valence-corrected chi connectivity index (χ1v) is 16.1. The number of β-amino-alcohol motifs (C(OH)–C–C–N with tert-alkyl or cyclic N) is 1. The SMILES string of the molecule is Cn1[nH]c(CNC(=O)c2ccc3c(ccn3CCC(C)(C)NC[C@H](O)c3cccc(NS(=O)(=O)c4ccccc4)c3)c2)cc1=O. The first kappa shape index (κ1) is 31.8. The van der Waals surface area contributed by atoms with Gasteiger partial charge in [-0.25, -0.2) is 8.42 Å². The molecule has 0 aliphatic rings. The predicted molar refractivity (Wildman–Crippen MR) is 174 cm³/mol. The maximum absolute atomic E-state index is 12.7. The highest BCUT2D eigenvalue weighted by atomic mass is 32.2. The number of amides is 1. The van der Waals surface area contributed by atoms with Gasteiger partial charge in [-0.05, 0) is 74.4 Å². The summed E-state index contributed by atoms with van der Waals surface area (Å²) in [7, 11) is -2.12. The van der Waals surface area contributed by atoms with Crippen molar-refractivity contribution in [3.05, 3.63) is 118 Å². The molecule has 45 heavy (non-hydrogen) atoms. The molecule has 3 aromatic carbocycles. The molecular weight excluding hydrogens is 592 g/mol. The van der Waals surface area contributed by atoms with Gasteiger partial charge in [-0.15, -0.1) is 0 Å². The average molecular weight is 631 g/mol. The van der Waals surface area contributed by atoms with Gasteiger partial charge in [-0.1, -0.05) is 30.3 Å². The number of benzene rings is 3. The normalized spacial score (nSPS) is 12.7. The van der Waals surface area contributed by atoms with Crippen molar-refractivity contribution in [1.82, 2.24) is 25.0 Å². The minimum atomic E-state index is -3.74. The number of carbonyl (C=O) groups excluding carboxylic acids is 1. The van der Waals surface area contributed by atoms with E-state index in [1.54, 1.807) is 55.6 Å². The van der Waals surface area contributed by atoms with Crippen molar-refractivity contribution in [2.75, 3.05) is 11.3 Å². The third kappa shape index (κ3) is 7.90. The van der Waals surface area contributed by atoms with E-state index in [0.29, 0.717) is 29.1 Å². The molecular formula is C33H38N6O5S. The number of rotatable bonds is 13. The number of nitrogens with zero attached hydrogens (tertiary/aromatic N) is 2. The molecule has 0 saturated heterocycles. The smallest absolute Gasteiger partial charge is 0.266 e. The molecule has 0 aliphatic heterocycles. The maximum atomic E-state index is 12.7. The molecule has 0 radical (unpaired) electrons. The number of sulfonamides is 1. The topological polar surface area (TPSA) is 150 Å². The Balaban J connectivity index is 1.14. The zero-order valence-corrected chi connectivity index (χ0v) is 26.3. The number of aliphatic hydroxyl groups excluding tert-OH is 1. The van der Waals surface area contributed by atoms with Crippen molar-refractivity contribution in [3.8, 4) is 0 Å². The van der Waals surface area contributed by atoms with E-state index in [-0.39, 0.29) is 35.0 Å². The number of hydrogen-bond donors (Lipinski definition) is 5. The van der Waals surface area contributed by atoms with Crippen molar-refractivity contribution in [3.63, 3.8) is 0 Å². The van der Waals surface area contributed by atoms with E-state index < -0.39 is 16.1 Å². The molecule has 1 atom stereocenters. The molecule has 11 nitrogen and oxygen atoms in total. The van der Waals surface area contributed by atoms with E-state index in [1.165, 1.54) is 22.9 Å². The highest BCUT2D eigenvalue weighted by Crippen LogP contribution is 2.23. The van der Waals surface area contributed by atoms with Gasteiger partial charge in [-0.2, -0.15) is 0 Å². The van der Waals surface area contributed by atoms with Crippen LogP contribution >= 0.6 is 0 Å². The van der Waals surface area contributed by atoms with Crippen LogP contribution in [0.1, 0.15) is 48.0 Å². The number of hydrogen-bond acceptors (Lipinski definition) is 6. The zero-order valence-electron chi connectivity index (χ0n) is 25.4. The second-order valence-corrected chi connectivity index (χ2v) is 13.4. The number of aliphatic hydroxyl groups is 1. The zero-order chi connectivity index (χ0) is 32.2. The fraction of sp³-hybridized carbons (Fsp3) is 0.273. The summed E-state index contributed by atoms with van der Waals surface area (Å²) in [6.07, 6.45) is 1.91. The van der Waals surface area contributed by atoms with Gasteiger partial charge in [-0.3, -0.25) is 24.1 Å². The molecule has 12 heteroatoms.